The first-order valence-corrected chi connectivity index (χ1v) is 5.68. The van der Waals surface area contributed by atoms with Gasteiger partial charge in [-0.1, -0.05) is 12.2 Å². The maximum atomic E-state index is 11.9. The lowest BCUT2D eigenvalue weighted by atomic mass is 10.2. The first-order chi connectivity index (χ1) is 7.85. The van der Waals surface area contributed by atoms with E-state index in [1.807, 2.05) is 0 Å². The molecule has 0 aliphatic carbocycles. The molecule has 98 valence electrons. The van der Waals surface area contributed by atoms with Crippen molar-refractivity contribution in [2.24, 2.45) is 0 Å². The first kappa shape index (κ1) is 15.7. The summed E-state index contributed by atoms with van der Waals surface area (Å²) in [7, 11) is 0. The van der Waals surface area contributed by atoms with Crippen LogP contribution in [0.4, 0.5) is 4.79 Å². The fraction of sp³-hybridized carbons (Fsp3) is 0.615. The van der Waals surface area contributed by atoms with Crippen LogP contribution in [0.25, 0.3) is 0 Å². The van der Waals surface area contributed by atoms with Gasteiger partial charge in [-0.2, -0.15) is 0 Å². The van der Waals surface area contributed by atoms with Crippen LogP contribution in [0.15, 0.2) is 25.3 Å². The second-order valence-corrected chi connectivity index (χ2v) is 4.78. The molecule has 4 nitrogen and oxygen atoms in total. The van der Waals surface area contributed by atoms with Crippen LogP contribution in [-0.2, 0) is 4.74 Å². The molecule has 1 atom stereocenters. The summed E-state index contributed by atoms with van der Waals surface area (Å²) in [6.07, 6.45) is 3.35. The molecule has 0 spiro atoms. The molecule has 1 amide bonds. The summed E-state index contributed by atoms with van der Waals surface area (Å²) >= 11 is 0. The monoisotopic (exact) mass is 241 g/mol. The van der Waals surface area contributed by atoms with E-state index in [9.17, 15) is 9.90 Å². The normalized spacial score (nSPS) is 12.7. The van der Waals surface area contributed by atoms with Crippen LogP contribution in [-0.4, -0.2) is 40.9 Å². The number of carbonyl (C=O) groups is 1. The van der Waals surface area contributed by atoms with Gasteiger partial charge in [0, 0.05) is 6.54 Å². The number of carbonyl (C=O) groups excluding carboxylic acids is 1. The predicted molar refractivity (Wildman–Crippen MR) is 68.8 cm³/mol. The van der Waals surface area contributed by atoms with E-state index in [2.05, 4.69) is 13.2 Å². The van der Waals surface area contributed by atoms with Crippen LogP contribution in [0.2, 0.25) is 0 Å². The average Bonchev–Trinajstić information content (AvgIpc) is 2.20. The van der Waals surface area contributed by atoms with Gasteiger partial charge in [-0.15, -0.1) is 13.2 Å². The molecule has 4 heteroatoms. The second kappa shape index (κ2) is 7.12. The second-order valence-electron chi connectivity index (χ2n) is 4.78. The van der Waals surface area contributed by atoms with Crippen molar-refractivity contribution in [3.8, 4) is 0 Å². The van der Waals surface area contributed by atoms with Crippen molar-refractivity contribution >= 4 is 6.09 Å². The summed E-state index contributed by atoms with van der Waals surface area (Å²) in [6, 6.07) is -0.319. The molecule has 0 aliphatic rings. The van der Waals surface area contributed by atoms with Crippen LogP contribution in [0.3, 0.4) is 0 Å². The zero-order valence-corrected chi connectivity index (χ0v) is 11.0. The molecule has 0 rings (SSSR count). The Kier molecular flexibility index (Phi) is 6.58. The smallest absolute Gasteiger partial charge is 0.410 e. The fourth-order valence-corrected chi connectivity index (χ4v) is 1.33. The third-order valence-corrected chi connectivity index (χ3v) is 2.04. The molecule has 0 fully saturated rings. The largest absolute Gasteiger partial charge is 0.444 e. The van der Waals surface area contributed by atoms with Gasteiger partial charge in [0.05, 0.1) is 12.6 Å². The van der Waals surface area contributed by atoms with Gasteiger partial charge < -0.3 is 9.84 Å². The molecule has 0 saturated heterocycles. The maximum Gasteiger partial charge on any atom is 0.410 e. The molecular weight excluding hydrogens is 218 g/mol. The molecule has 0 bridgehead atoms. The Balaban J connectivity index is 4.74. The molecule has 0 aromatic carbocycles. The lowest BCUT2D eigenvalue weighted by molar-refractivity contribution is 0.0127. The Morgan fingerprint density at radius 2 is 2.00 bits per heavy atom. The van der Waals surface area contributed by atoms with Crippen molar-refractivity contribution < 1.29 is 14.6 Å². The number of aliphatic hydroxyl groups excluding tert-OH is 1. The minimum atomic E-state index is -0.551. The Bertz CT molecular complexity index is 268. The lowest BCUT2D eigenvalue weighted by Crippen LogP contribution is -2.45. The standard InChI is InChI=1S/C13H23NO3/c1-6-8-11(10-15)14(9-7-2)12(16)17-13(3,4)5/h6-7,11,15H,1-2,8-10H2,3-5H3. The van der Waals surface area contributed by atoms with Gasteiger partial charge in [-0.3, -0.25) is 4.90 Å². The van der Waals surface area contributed by atoms with E-state index in [1.165, 1.54) is 4.90 Å². The lowest BCUT2D eigenvalue weighted by Gasteiger charge is -2.31. The highest BCUT2D eigenvalue weighted by atomic mass is 16.6. The van der Waals surface area contributed by atoms with Crippen molar-refractivity contribution in [1.29, 1.82) is 0 Å². The molecule has 17 heavy (non-hydrogen) atoms. The number of aliphatic hydroxyl groups is 1. The quantitative estimate of drug-likeness (QED) is 0.726. The van der Waals surface area contributed by atoms with Gasteiger partial charge in [0.15, 0.2) is 0 Å². The third-order valence-electron chi connectivity index (χ3n) is 2.04. The zero-order valence-electron chi connectivity index (χ0n) is 11.0. The van der Waals surface area contributed by atoms with E-state index in [4.69, 9.17) is 4.74 Å². The van der Waals surface area contributed by atoms with Crippen LogP contribution in [0, 0.1) is 0 Å². The number of hydrogen-bond acceptors (Lipinski definition) is 3. The van der Waals surface area contributed by atoms with Gasteiger partial charge in [-0.25, -0.2) is 4.79 Å². The molecule has 0 radical (unpaired) electrons. The SMILES string of the molecule is C=CCC(CO)N(CC=C)C(=O)OC(C)(C)C. The molecule has 1 unspecified atom stereocenters. The fourth-order valence-electron chi connectivity index (χ4n) is 1.33. The van der Waals surface area contributed by atoms with Crippen molar-refractivity contribution in [1.82, 2.24) is 4.90 Å². The number of nitrogens with zero attached hydrogens (tertiary/aromatic N) is 1. The zero-order chi connectivity index (χ0) is 13.5. The number of hydrogen-bond donors (Lipinski definition) is 1. The summed E-state index contributed by atoms with van der Waals surface area (Å²) in [5.74, 6) is 0. The number of amides is 1. The molecule has 0 aromatic rings. The highest BCUT2D eigenvalue weighted by Gasteiger charge is 2.26. The van der Waals surface area contributed by atoms with E-state index >= 15 is 0 Å². The third kappa shape index (κ3) is 6.12. The summed E-state index contributed by atoms with van der Waals surface area (Å²) in [6.45, 7) is 12.8. The molecular formula is C13H23NO3. The molecule has 0 aromatic heterocycles. The van der Waals surface area contributed by atoms with Gasteiger partial charge in [0.2, 0.25) is 0 Å². The highest BCUT2D eigenvalue weighted by molar-refractivity contribution is 5.68. The Hall–Kier alpha value is -1.29. The summed E-state index contributed by atoms with van der Waals surface area (Å²) in [4.78, 5) is 13.4. The van der Waals surface area contributed by atoms with Gasteiger partial charge in [-0.05, 0) is 27.2 Å². The van der Waals surface area contributed by atoms with Crippen molar-refractivity contribution in [2.75, 3.05) is 13.2 Å². The molecule has 0 aliphatic heterocycles. The van der Waals surface area contributed by atoms with E-state index in [1.54, 1.807) is 32.9 Å². The van der Waals surface area contributed by atoms with Crippen LogP contribution in [0.1, 0.15) is 27.2 Å². The summed E-state index contributed by atoms with van der Waals surface area (Å²) in [5.41, 5.74) is -0.551. The van der Waals surface area contributed by atoms with E-state index in [0.29, 0.717) is 13.0 Å². The van der Waals surface area contributed by atoms with Gasteiger partial charge in [0.1, 0.15) is 5.60 Å². The van der Waals surface area contributed by atoms with Crippen molar-refractivity contribution in [3.05, 3.63) is 25.3 Å². The summed E-state index contributed by atoms with van der Waals surface area (Å²) in [5, 5.41) is 9.27. The topological polar surface area (TPSA) is 49.8 Å². The Morgan fingerprint density at radius 1 is 1.41 bits per heavy atom. The van der Waals surface area contributed by atoms with Crippen LogP contribution >= 0.6 is 0 Å². The Morgan fingerprint density at radius 3 is 2.35 bits per heavy atom. The number of rotatable bonds is 6. The predicted octanol–water partition coefficient (Wildman–Crippen LogP) is 2.35. The summed E-state index contributed by atoms with van der Waals surface area (Å²) < 4.78 is 5.28. The molecule has 0 heterocycles. The molecule has 0 saturated carbocycles. The molecule has 1 N–H and O–H groups in total. The average molecular weight is 241 g/mol. The van der Waals surface area contributed by atoms with Gasteiger partial charge in [0.25, 0.3) is 0 Å². The van der Waals surface area contributed by atoms with Crippen LogP contribution < -0.4 is 0 Å². The maximum absolute atomic E-state index is 11.9. The minimum Gasteiger partial charge on any atom is -0.444 e. The van der Waals surface area contributed by atoms with Crippen molar-refractivity contribution in [2.45, 2.75) is 38.8 Å². The van der Waals surface area contributed by atoms with Crippen LogP contribution in [0.5, 0.6) is 0 Å². The van der Waals surface area contributed by atoms with E-state index in [0.717, 1.165) is 0 Å². The van der Waals surface area contributed by atoms with E-state index in [-0.39, 0.29) is 12.6 Å². The number of ether oxygens (including phenoxy) is 1. The highest BCUT2D eigenvalue weighted by Crippen LogP contribution is 2.13. The van der Waals surface area contributed by atoms with Gasteiger partial charge >= 0.3 is 6.09 Å². The Labute approximate surface area is 104 Å². The first-order valence-electron chi connectivity index (χ1n) is 5.68. The van der Waals surface area contributed by atoms with Crippen molar-refractivity contribution in [3.63, 3.8) is 0 Å². The minimum absolute atomic E-state index is 0.126. The van der Waals surface area contributed by atoms with E-state index < -0.39 is 11.7 Å².